The maximum atomic E-state index is 10.4. The van der Waals surface area contributed by atoms with Gasteiger partial charge in [0.1, 0.15) is 6.29 Å². The van der Waals surface area contributed by atoms with E-state index in [1.54, 1.807) is 0 Å². The van der Waals surface area contributed by atoms with Gasteiger partial charge in [-0.1, -0.05) is 24.3 Å². The Hall–Kier alpha value is -1.41. The maximum Gasteiger partial charge on any atom is 0.143 e. The van der Waals surface area contributed by atoms with E-state index in [-0.39, 0.29) is 6.61 Å². The normalized spacial score (nSPS) is 11.4. The Bertz CT molecular complexity index is 340. The van der Waals surface area contributed by atoms with Crippen LogP contribution in [0.3, 0.4) is 0 Å². The van der Waals surface area contributed by atoms with Gasteiger partial charge in [0.15, 0.2) is 0 Å². The molecule has 2 heteroatoms. The molecule has 0 radical (unpaired) electrons. The van der Waals surface area contributed by atoms with E-state index in [0.717, 1.165) is 23.0 Å². The Morgan fingerprint density at radius 3 is 2.71 bits per heavy atom. The van der Waals surface area contributed by atoms with E-state index in [9.17, 15) is 4.79 Å². The lowest BCUT2D eigenvalue weighted by Gasteiger charge is -2.07. The Morgan fingerprint density at radius 2 is 2.14 bits per heavy atom. The first kappa shape index (κ1) is 10.7. The van der Waals surface area contributed by atoms with E-state index in [1.807, 2.05) is 31.2 Å². The Balaban J connectivity index is 3.05. The second-order valence-electron chi connectivity index (χ2n) is 3.12. The zero-order valence-electron chi connectivity index (χ0n) is 8.23. The summed E-state index contributed by atoms with van der Waals surface area (Å²) in [6, 6.07) is 7.83. The summed E-state index contributed by atoms with van der Waals surface area (Å²) >= 11 is 0. The fourth-order valence-electron chi connectivity index (χ4n) is 1.44. The number of rotatable bonds is 4. The largest absolute Gasteiger partial charge is 0.396 e. The van der Waals surface area contributed by atoms with Gasteiger partial charge in [0.25, 0.3) is 0 Å². The number of hydrogen-bond donors (Lipinski definition) is 1. The molecule has 0 fully saturated rings. The van der Waals surface area contributed by atoms with Crippen LogP contribution >= 0.6 is 0 Å². The smallest absolute Gasteiger partial charge is 0.143 e. The highest BCUT2D eigenvalue weighted by Gasteiger charge is 2.02. The molecular weight excluding hydrogens is 176 g/mol. The van der Waals surface area contributed by atoms with Gasteiger partial charge in [-0.25, -0.2) is 0 Å². The quantitative estimate of drug-likeness (QED) is 0.582. The maximum absolute atomic E-state index is 10.4. The molecule has 14 heavy (non-hydrogen) atoms. The second-order valence-corrected chi connectivity index (χ2v) is 3.12. The number of aldehydes is 1. The lowest BCUT2D eigenvalue weighted by Crippen LogP contribution is -1.92. The molecule has 0 aliphatic heterocycles. The third-order valence-corrected chi connectivity index (χ3v) is 2.14. The van der Waals surface area contributed by atoms with E-state index in [0.29, 0.717) is 6.42 Å². The average molecular weight is 190 g/mol. The molecule has 1 aromatic rings. The Kier molecular flexibility index (Phi) is 4.08. The van der Waals surface area contributed by atoms with Crippen molar-refractivity contribution in [3.05, 3.63) is 41.5 Å². The van der Waals surface area contributed by atoms with Crippen LogP contribution in [0, 0.1) is 6.92 Å². The van der Waals surface area contributed by atoms with Gasteiger partial charge >= 0.3 is 0 Å². The second kappa shape index (κ2) is 5.35. The summed E-state index contributed by atoms with van der Waals surface area (Å²) < 4.78 is 0. The fourth-order valence-corrected chi connectivity index (χ4v) is 1.44. The molecule has 0 unspecified atom stereocenters. The third-order valence-electron chi connectivity index (χ3n) is 2.14. The van der Waals surface area contributed by atoms with Crippen molar-refractivity contribution in [1.29, 1.82) is 0 Å². The minimum absolute atomic E-state index is 0.0635. The van der Waals surface area contributed by atoms with Crippen LogP contribution in [0.15, 0.2) is 30.3 Å². The molecular formula is C12H14O2. The number of aryl methyl sites for hydroxylation is 1. The Labute approximate surface area is 83.9 Å². The van der Waals surface area contributed by atoms with Crippen molar-refractivity contribution in [2.24, 2.45) is 0 Å². The van der Waals surface area contributed by atoms with Crippen molar-refractivity contribution in [3.8, 4) is 0 Å². The van der Waals surface area contributed by atoms with Gasteiger partial charge in [-0.3, -0.25) is 4.79 Å². The number of carbonyl (C=O) groups excluding carboxylic acids is 1. The van der Waals surface area contributed by atoms with Crippen LogP contribution in [0.4, 0.5) is 0 Å². The van der Waals surface area contributed by atoms with E-state index < -0.39 is 0 Å². The lowest BCUT2D eigenvalue weighted by molar-refractivity contribution is -0.104. The molecule has 0 aliphatic rings. The molecule has 2 nitrogen and oxygen atoms in total. The van der Waals surface area contributed by atoms with Crippen LogP contribution in [0.25, 0.3) is 5.57 Å². The highest BCUT2D eigenvalue weighted by molar-refractivity contribution is 5.82. The fraction of sp³-hybridized carbons (Fsp3) is 0.250. The standard InChI is InChI=1S/C12H14O2/c1-10-4-2-3-5-12(10)11(6-8-13)7-9-14/h2-6,8,14H,7,9H2,1H3/b11-6-. The van der Waals surface area contributed by atoms with Crippen LogP contribution in [0.1, 0.15) is 17.5 Å². The predicted octanol–water partition coefficient (Wildman–Crippen LogP) is 1.96. The first-order chi connectivity index (χ1) is 6.79. The van der Waals surface area contributed by atoms with Gasteiger partial charge in [-0.2, -0.15) is 0 Å². The summed E-state index contributed by atoms with van der Waals surface area (Å²) in [5, 5.41) is 8.86. The number of carbonyl (C=O) groups is 1. The minimum atomic E-state index is 0.0635. The summed E-state index contributed by atoms with van der Waals surface area (Å²) in [7, 11) is 0. The first-order valence-electron chi connectivity index (χ1n) is 4.60. The SMILES string of the molecule is Cc1ccccc1/C(=C\C=O)CCO. The van der Waals surface area contributed by atoms with E-state index in [4.69, 9.17) is 5.11 Å². The summed E-state index contributed by atoms with van der Waals surface area (Å²) in [6.45, 7) is 2.05. The zero-order valence-corrected chi connectivity index (χ0v) is 8.23. The van der Waals surface area contributed by atoms with Crippen molar-refractivity contribution in [3.63, 3.8) is 0 Å². The van der Waals surface area contributed by atoms with Gasteiger partial charge in [0.05, 0.1) is 0 Å². The molecule has 0 saturated heterocycles. The van der Waals surface area contributed by atoms with Crippen LogP contribution < -0.4 is 0 Å². The molecule has 1 rings (SSSR count). The highest BCUT2D eigenvalue weighted by Crippen LogP contribution is 2.20. The number of allylic oxidation sites excluding steroid dienone is 1. The van der Waals surface area contributed by atoms with Crippen molar-refractivity contribution in [1.82, 2.24) is 0 Å². The number of hydrogen-bond acceptors (Lipinski definition) is 2. The van der Waals surface area contributed by atoms with Crippen molar-refractivity contribution < 1.29 is 9.90 Å². The predicted molar refractivity (Wildman–Crippen MR) is 56.9 cm³/mol. The van der Waals surface area contributed by atoms with Crippen LogP contribution in [0.5, 0.6) is 0 Å². The monoisotopic (exact) mass is 190 g/mol. The third kappa shape index (κ3) is 2.54. The van der Waals surface area contributed by atoms with E-state index in [2.05, 4.69) is 0 Å². The summed E-state index contributed by atoms with van der Waals surface area (Å²) in [4.78, 5) is 10.4. The number of aliphatic hydroxyl groups excluding tert-OH is 1. The minimum Gasteiger partial charge on any atom is -0.396 e. The topological polar surface area (TPSA) is 37.3 Å². The molecule has 0 saturated carbocycles. The summed E-state index contributed by atoms with van der Waals surface area (Å²) in [5.41, 5.74) is 3.04. The van der Waals surface area contributed by atoms with Crippen LogP contribution in [-0.2, 0) is 4.79 Å². The number of benzene rings is 1. The van der Waals surface area contributed by atoms with Gasteiger partial charge < -0.3 is 5.11 Å². The number of aliphatic hydroxyl groups is 1. The van der Waals surface area contributed by atoms with Gasteiger partial charge in [-0.15, -0.1) is 0 Å². The molecule has 0 spiro atoms. The molecule has 0 bridgehead atoms. The molecule has 0 heterocycles. The molecule has 1 N–H and O–H groups in total. The summed E-state index contributed by atoms with van der Waals surface area (Å²) in [5.74, 6) is 0. The average Bonchev–Trinajstić information content (AvgIpc) is 2.18. The molecule has 0 atom stereocenters. The van der Waals surface area contributed by atoms with Gasteiger partial charge in [0, 0.05) is 6.61 Å². The van der Waals surface area contributed by atoms with Crippen LogP contribution in [-0.4, -0.2) is 18.0 Å². The van der Waals surface area contributed by atoms with Gasteiger partial charge in [-0.05, 0) is 36.1 Å². The molecule has 0 amide bonds. The first-order valence-corrected chi connectivity index (χ1v) is 4.60. The highest BCUT2D eigenvalue weighted by atomic mass is 16.3. The molecule has 0 aliphatic carbocycles. The van der Waals surface area contributed by atoms with Gasteiger partial charge in [0.2, 0.25) is 0 Å². The molecule has 1 aromatic carbocycles. The van der Waals surface area contributed by atoms with Crippen molar-refractivity contribution in [2.75, 3.05) is 6.61 Å². The lowest BCUT2D eigenvalue weighted by atomic mass is 9.98. The van der Waals surface area contributed by atoms with Crippen LogP contribution in [0.2, 0.25) is 0 Å². The zero-order chi connectivity index (χ0) is 10.4. The summed E-state index contributed by atoms with van der Waals surface area (Å²) in [6.07, 6.45) is 2.79. The van der Waals surface area contributed by atoms with E-state index in [1.165, 1.54) is 6.08 Å². The van der Waals surface area contributed by atoms with E-state index >= 15 is 0 Å². The Morgan fingerprint density at radius 1 is 1.43 bits per heavy atom. The molecule has 0 aromatic heterocycles. The van der Waals surface area contributed by atoms with Crippen molar-refractivity contribution in [2.45, 2.75) is 13.3 Å². The molecule has 74 valence electrons. The van der Waals surface area contributed by atoms with Crippen molar-refractivity contribution >= 4 is 11.9 Å².